The lowest BCUT2D eigenvalue weighted by molar-refractivity contribution is -0.893. The van der Waals surface area contributed by atoms with Gasteiger partial charge in [-0.3, -0.25) is 9.69 Å². The monoisotopic (exact) mass is 691 g/mol. The third-order valence-corrected chi connectivity index (χ3v) is 8.90. The molecule has 2 atom stereocenters. The summed E-state index contributed by atoms with van der Waals surface area (Å²) in [6, 6.07) is 18.5. The average molecular weight is 692 g/mol. The number of hydrogen-bond acceptors (Lipinski definition) is 6. The summed E-state index contributed by atoms with van der Waals surface area (Å²) in [6.45, 7) is 8.08. The Balaban J connectivity index is 0.00000387. The maximum atomic E-state index is 14.1. The molecule has 2 saturated heterocycles. The summed E-state index contributed by atoms with van der Waals surface area (Å²) in [6.07, 6.45) is 1.02. The van der Waals surface area contributed by atoms with Crippen molar-refractivity contribution in [1.82, 2.24) is 10.2 Å². The third kappa shape index (κ3) is 7.09. The van der Waals surface area contributed by atoms with Crippen molar-refractivity contribution >= 4 is 29.7 Å². The molecule has 2 aromatic rings. The Morgan fingerprint density at radius 1 is 1.02 bits per heavy atom. The van der Waals surface area contributed by atoms with Crippen LogP contribution in [0.1, 0.15) is 50.8 Å². The molecule has 3 aliphatic heterocycles. The van der Waals surface area contributed by atoms with Crippen LogP contribution in [0.15, 0.2) is 71.9 Å². The highest BCUT2D eigenvalue weighted by molar-refractivity contribution is 8.00. The number of rotatable bonds is 7. The van der Waals surface area contributed by atoms with Crippen LogP contribution in [0, 0.1) is 0 Å². The second-order valence-electron chi connectivity index (χ2n) is 12.0. The Hall–Kier alpha value is -2.57. The van der Waals surface area contributed by atoms with Gasteiger partial charge in [-0.15, -0.1) is 11.8 Å². The van der Waals surface area contributed by atoms with Crippen molar-refractivity contribution in [1.29, 1.82) is 0 Å². The van der Waals surface area contributed by atoms with Gasteiger partial charge in [-0.2, -0.15) is 0 Å². The molecule has 2 aromatic carbocycles. The number of quaternary nitrogens is 1. The van der Waals surface area contributed by atoms with Gasteiger partial charge in [0.2, 0.25) is 0 Å². The van der Waals surface area contributed by atoms with Crippen molar-refractivity contribution in [2.24, 2.45) is 0 Å². The van der Waals surface area contributed by atoms with Gasteiger partial charge in [0, 0.05) is 24.2 Å². The van der Waals surface area contributed by atoms with E-state index in [0.717, 1.165) is 47.1 Å². The third-order valence-electron chi connectivity index (χ3n) is 7.56. The molecule has 2 fully saturated rings. The molecule has 2 amide bonds. The first-order valence-corrected chi connectivity index (χ1v) is 14.9. The molecule has 0 spiro atoms. The van der Waals surface area contributed by atoms with Crippen LogP contribution in [-0.4, -0.2) is 76.8 Å². The lowest BCUT2D eigenvalue weighted by Crippen LogP contribution is -3.00. The number of thioether (sulfide) groups is 1. The second kappa shape index (κ2) is 12.7. The highest BCUT2D eigenvalue weighted by Gasteiger charge is 2.55. The summed E-state index contributed by atoms with van der Waals surface area (Å²) >= 11 is 1.57. The van der Waals surface area contributed by atoms with E-state index in [9.17, 15) is 14.4 Å². The topological polar surface area (TPSA) is 84.9 Å². The van der Waals surface area contributed by atoms with Crippen molar-refractivity contribution < 1.29 is 52.3 Å². The number of nitrogens with zero attached hydrogens (tertiary/aromatic N) is 2. The zero-order chi connectivity index (χ0) is 28.5. The fourth-order valence-corrected chi connectivity index (χ4v) is 7.03. The van der Waals surface area contributed by atoms with Gasteiger partial charge in [0.25, 0.3) is 5.91 Å². The Morgan fingerprint density at radius 3 is 2.12 bits per heavy atom. The molecule has 10 heteroatoms. The number of amides is 2. The summed E-state index contributed by atoms with van der Waals surface area (Å²) in [5, 5.41) is 2.32. The minimum Gasteiger partial charge on any atom is -1.00 e. The van der Waals surface area contributed by atoms with Gasteiger partial charge in [-0.05, 0) is 31.9 Å². The van der Waals surface area contributed by atoms with Crippen LogP contribution in [0.3, 0.4) is 0 Å². The first kappa shape index (κ1) is 31.4. The fraction of sp³-hybridized carbons (Fsp3) is 0.452. The number of carbonyl (C=O) groups excluding carboxylic acids is 3. The van der Waals surface area contributed by atoms with Crippen LogP contribution < -0.4 is 29.3 Å². The molecule has 8 nitrogen and oxygen atoms in total. The number of likely N-dealkylation sites (N-methyl/N-ethyl adjacent to an activating group) is 1. The van der Waals surface area contributed by atoms with E-state index in [2.05, 4.69) is 12.4 Å². The van der Waals surface area contributed by atoms with Crippen LogP contribution in [0.4, 0.5) is 4.79 Å². The van der Waals surface area contributed by atoms with E-state index in [0.29, 0.717) is 18.0 Å². The molecule has 1 unspecified atom stereocenters. The summed E-state index contributed by atoms with van der Waals surface area (Å²) in [5.41, 5.74) is 2.25. The second-order valence-corrected chi connectivity index (χ2v) is 13.1. The van der Waals surface area contributed by atoms with Crippen molar-refractivity contribution in [2.75, 3.05) is 32.4 Å². The first-order valence-electron chi connectivity index (χ1n) is 13.9. The summed E-state index contributed by atoms with van der Waals surface area (Å²) in [4.78, 5) is 41.6. The Morgan fingerprint density at radius 2 is 1.59 bits per heavy atom. The largest absolute Gasteiger partial charge is 1.00 e. The Kier molecular flexibility index (Phi) is 9.75. The van der Waals surface area contributed by atoms with Gasteiger partial charge < -0.3 is 43.3 Å². The maximum absolute atomic E-state index is 14.1. The minimum atomic E-state index is -0.764. The number of nitrogens with one attached hydrogen (secondary N) is 1. The molecule has 0 aliphatic carbocycles. The molecule has 0 radical (unpaired) electrons. The standard InChI is InChI=1S/C31H37N3O5S.HI/c1-31(2,3)39-30(37)32-24-27(35)33-25(23(20-40-28(24)33)19-34(4)17-11-12-18-34)29(36)38-26(21-13-7-5-8-14-21)22-15-9-6-10-16-22;/h5-10,13-16,24,26,28H,11-12,17-20H2,1-4H3;1H/t24?,28-;/m0./s1. The van der Waals surface area contributed by atoms with Gasteiger partial charge in [0.1, 0.15) is 29.3 Å². The fourth-order valence-electron chi connectivity index (χ4n) is 5.69. The minimum absolute atomic E-state index is 0. The van der Waals surface area contributed by atoms with Crippen molar-refractivity contribution in [2.45, 2.75) is 56.7 Å². The van der Waals surface area contributed by atoms with E-state index < -0.39 is 35.2 Å². The molecular weight excluding hydrogens is 653 g/mol. The van der Waals surface area contributed by atoms with Crippen molar-refractivity contribution in [3.8, 4) is 0 Å². The van der Waals surface area contributed by atoms with Crippen LogP contribution >= 0.6 is 11.8 Å². The lowest BCUT2D eigenvalue weighted by Gasteiger charge is -2.50. The molecule has 3 aliphatic rings. The zero-order valence-electron chi connectivity index (χ0n) is 24.0. The number of likely N-dealkylation sites (tertiary alicyclic amines) is 1. The van der Waals surface area contributed by atoms with Crippen LogP contribution in [0.2, 0.25) is 0 Å². The molecule has 0 bridgehead atoms. The molecular formula is C31H38IN3O5S. The molecule has 5 rings (SSSR count). The number of β-lactam (4-membered cyclic amide) rings is 1. The number of carbonyl (C=O) groups is 3. The molecule has 41 heavy (non-hydrogen) atoms. The van der Waals surface area contributed by atoms with E-state index in [1.807, 2.05) is 60.7 Å². The van der Waals surface area contributed by atoms with E-state index in [-0.39, 0.29) is 29.9 Å². The molecule has 1 N–H and O–H groups in total. The quantitative estimate of drug-likeness (QED) is 0.206. The normalized spacial score (nSPS) is 21.5. The lowest BCUT2D eigenvalue weighted by atomic mass is 10.0. The number of alkyl carbamates (subject to hydrolysis) is 1. The molecule has 0 saturated carbocycles. The molecule has 0 aromatic heterocycles. The Bertz CT molecular complexity index is 1250. The van der Waals surface area contributed by atoms with Crippen LogP contribution in [0.25, 0.3) is 0 Å². The highest BCUT2D eigenvalue weighted by Crippen LogP contribution is 2.42. The number of halogens is 1. The Labute approximate surface area is 263 Å². The van der Waals surface area contributed by atoms with Gasteiger partial charge in [0.05, 0.1) is 20.1 Å². The van der Waals surface area contributed by atoms with E-state index in [1.165, 1.54) is 4.90 Å². The van der Waals surface area contributed by atoms with Crippen LogP contribution in [-0.2, 0) is 19.1 Å². The number of benzene rings is 2. The van der Waals surface area contributed by atoms with Crippen molar-refractivity contribution in [3.63, 3.8) is 0 Å². The van der Waals surface area contributed by atoms with E-state index >= 15 is 0 Å². The predicted octanol–water partition coefficient (Wildman–Crippen LogP) is 1.63. The van der Waals surface area contributed by atoms with Gasteiger partial charge in [-0.25, -0.2) is 9.59 Å². The smallest absolute Gasteiger partial charge is 0.408 e. The number of ether oxygens (including phenoxy) is 2. The number of fused-ring (bicyclic) bond motifs is 1. The number of esters is 1. The van der Waals surface area contributed by atoms with Crippen LogP contribution in [0.5, 0.6) is 0 Å². The average Bonchev–Trinajstić information content (AvgIpc) is 3.35. The summed E-state index contributed by atoms with van der Waals surface area (Å²) < 4.78 is 12.5. The SMILES string of the molecule is CC(C)(C)OC(=O)NC1C(=O)N2C(C(=O)OC(c3ccccc3)c3ccccc3)=C(C[N+]3(C)CCCC3)CS[C@@H]12.[I-]. The highest BCUT2D eigenvalue weighted by atomic mass is 127. The zero-order valence-corrected chi connectivity index (χ0v) is 26.9. The first-order chi connectivity index (χ1) is 19.0. The molecule has 220 valence electrons. The summed E-state index contributed by atoms with van der Waals surface area (Å²) in [7, 11) is 2.21. The molecule has 3 heterocycles. The van der Waals surface area contributed by atoms with E-state index in [4.69, 9.17) is 9.47 Å². The van der Waals surface area contributed by atoms with Gasteiger partial charge in [-0.1, -0.05) is 60.7 Å². The maximum Gasteiger partial charge on any atom is 0.408 e. The number of hydrogen-bond donors (Lipinski definition) is 1. The summed E-state index contributed by atoms with van der Waals surface area (Å²) in [5.74, 6) is -0.263. The predicted molar refractivity (Wildman–Crippen MR) is 154 cm³/mol. The van der Waals surface area contributed by atoms with E-state index in [1.54, 1.807) is 32.5 Å². The van der Waals surface area contributed by atoms with Gasteiger partial charge in [0.15, 0.2) is 6.10 Å². The van der Waals surface area contributed by atoms with Gasteiger partial charge >= 0.3 is 12.1 Å². The van der Waals surface area contributed by atoms with Crippen molar-refractivity contribution in [3.05, 3.63) is 83.1 Å².